The van der Waals surface area contributed by atoms with Gasteiger partial charge in [-0.25, -0.2) is 4.79 Å². The molecule has 1 aliphatic rings. The van der Waals surface area contributed by atoms with E-state index in [9.17, 15) is 19.7 Å². The highest BCUT2D eigenvalue weighted by molar-refractivity contribution is 5.96. The van der Waals surface area contributed by atoms with Crippen LogP contribution in [0.3, 0.4) is 0 Å². The van der Waals surface area contributed by atoms with Crippen LogP contribution in [0.15, 0.2) is 33.9 Å². The summed E-state index contributed by atoms with van der Waals surface area (Å²) in [6.45, 7) is 8.61. The zero-order chi connectivity index (χ0) is 23.5. The van der Waals surface area contributed by atoms with Crippen LogP contribution in [0.4, 0.5) is 5.69 Å². The molecule has 3 heterocycles. The molecule has 0 fully saturated rings. The van der Waals surface area contributed by atoms with E-state index in [0.717, 1.165) is 10.3 Å². The van der Waals surface area contributed by atoms with Gasteiger partial charge in [0.05, 0.1) is 45.5 Å². The Kier molecular flexibility index (Phi) is 5.12. The van der Waals surface area contributed by atoms with Crippen molar-refractivity contribution in [2.24, 2.45) is 20.0 Å². The third-order valence-electron chi connectivity index (χ3n) is 6.17. The van der Waals surface area contributed by atoms with Crippen molar-refractivity contribution in [3.63, 3.8) is 0 Å². The molecule has 3 aromatic rings. The number of aromatic nitrogens is 3. The summed E-state index contributed by atoms with van der Waals surface area (Å²) in [6, 6.07) is 6.29. The topological polar surface area (TPSA) is 101 Å². The van der Waals surface area contributed by atoms with Crippen LogP contribution in [-0.4, -0.2) is 25.2 Å². The second kappa shape index (κ2) is 7.44. The maximum Gasteiger partial charge on any atom is 0.331 e. The fourth-order valence-corrected chi connectivity index (χ4v) is 4.72. The number of ether oxygens (including phenoxy) is 1. The highest BCUT2D eigenvalue weighted by Gasteiger charge is 2.40. The number of rotatable bonds is 4. The first-order chi connectivity index (χ1) is 15.0. The summed E-state index contributed by atoms with van der Waals surface area (Å²) >= 11 is 0. The van der Waals surface area contributed by atoms with E-state index in [1.165, 1.54) is 23.7 Å². The van der Waals surface area contributed by atoms with Crippen molar-refractivity contribution in [3.8, 4) is 11.3 Å². The number of nitro groups is 1. The van der Waals surface area contributed by atoms with Gasteiger partial charge in [0.25, 0.3) is 11.2 Å². The molecule has 0 radical (unpaired) electrons. The minimum atomic E-state index is -0.539. The quantitative estimate of drug-likeness (QED) is 0.457. The maximum absolute atomic E-state index is 13.4. The van der Waals surface area contributed by atoms with Gasteiger partial charge >= 0.3 is 5.69 Å². The average molecular weight is 441 g/mol. The zero-order valence-electron chi connectivity index (χ0n) is 19.2. The molecule has 1 aromatic carbocycles. The SMILES string of the molecule is CC(C)CC1OCC(C)(C)n2c(-c3cccc([N+](=O)[O-])c3)c3c(=O)n(C)c(=O)n(C)c3c21. The number of nitrogens with zero attached hydrogens (tertiary/aromatic N) is 4. The number of non-ortho nitro benzene ring substituents is 1. The minimum Gasteiger partial charge on any atom is -0.369 e. The number of nitro benzene ring substituents is 1. The molecule has 0 saturated carbocycles. The number of benzene rings is 1. The summed E-state index contributed by atoms with van der Waals surface area (Å²) in [4.78, 5) is 37.3. The Morgan fingerprint density at radius 2 is 1.91 bits per heavy atom. The molecule has 2 aromatic heterocycles. The Hall–Kier alpha value is -3.20. The Balaban J connectivity index is 2.25. The van der Waals surface area contributed by atoms with Crippen molar-refractivity contribution in [2.75, 3.05) is 6.61 Å². The van der Waals surface area contributed by atoms with E-state index in [-0.39, 0.29) is 11.8 Å². The van der Waals surface area contributed by atoms with Crippen LogP contribution in [0.1, 0.15) is 45.9 Å². The lowest BCUT2D eigenvalue weighted by atomic mass is 9.97. The van der Waals surface area contributed by atoms with Crippen molar-refractivity contribution in [1.82, 2.24) is 13.7 Å². The van der Waals surface area contributed by atoms with E-state index in [4.69, 9.17) is 4.74 Å². The normalized spacial score (nSPS) is 17.7. The van der Waals surface area contributed by atoms with Gasteiger partial charge in [-0.2, -0.15) is 0 Å². The van der Waals surface area contributed by atoms with Crippen LogP contribution in [0.25, 0.3) is 22.2 Å². The molecule has 0 aliphatic carbocycles. The highest BCUT2D eigenvalue weighted by Crippen LogP contribution is 2.45. The standard InChI is InChI=1S/C23H28N4O5/c1-13(2)10-16-19-20-17(21(28)25(6)22(29)24(20)5)18(26(19)23(3,4)12-32-16)14-8-7-9-15(11-14)27(30)31/h7-9,11,13,16H,10,12H2,1-6H3. The molecule has 0 saturated heterocycles. The van der Waals surface area contributed by atoms with Crippen LogP contribution in [0.5, 0.6) is 0 Å². The smallest absolute Gasteiger partial charge is 0.331 e. The molecule has 170 valence electrons. The molecule has 4 rings (SSSR count). The van der Waals surface area contributed by atoms with Crippen LogP contribution >= 0.6 is 0 Å². The van der Waals surface area contributed by atoms with Crippen molar-refractivity contribution < 1.29 is 9.66 Å². The predicted molar refractivity (Wildman–Crippen MR) is 122 cm³/mol. The van der Waals surface area contributed by atoms with Gasteiger partial charge in [-0.15, -0.1) is 0 Å². The molecular weight excluding hydrogens is 412 g/mol. The zero-order valence-corrected chi connectivity index (χ0v) is 19.2. The summed E-state index contributed by atoms with van der Waals surface area (Å²) in [7, 11) is 3.10. The second-order valence-corrected chi connectivity index (χ2v) is 9.55. The number of hydrogen-bond acceptors (Lipinski definition) is 5. The summed E-state index contributed by atoms with van der Waals surface area (Å²) in [6.07, 6.45) is 0.406. The molecule has 9 nitrogen and oxygen atoms in total. The lowest BCUT2D eigenvalue weighted by Crippen LogP contribution is -2.40. The van der Waals surface area contributed by atoms with E-state index in [1.807, 2.05) is 13.8 Å². The van der Waals surface area contributed by atoms with E-state index in [1.54, 1.807) is 19.2 Å². The third kappa shape index (κ3) is 3.19. The second-order valence-electron chi connectivity index (χ2n) is 9.55. The Labute approximate surface area is 185 Å². The number of aryl methyl sites for hydroxylation is 1. The van der Waals surface area contributed by atoms with Crippen LogP contribution < -0.4 is 11.2 Å². The van der Waals surface area contributed by atoms with Gasteiger partial charge in [0.1, 0.15) is 0 Å². The van der Waals surface area contributed by atoms with Crippen molar-refractivity contribution >= 4 is 16.6 Å². The number of hydrogen-bond donors (Lipinski definition) is 0. The van der Waals surface area contributed by atoms with Gasteiger partial charge < -0.3 is 9.30 Å². The average Bonchev–Trinajstić information content (AvgIpc) is 3.10. The van der Waals surface area contributed by atoms with Crippen LogP contribution in [0.2, 0.25) is 0 Å². The summed E-state index contributed by atoms with van der Waals surface area (Å²) in [5.41, 5.74) is 0.987. The van der Waals surface area contributed by atoms with Crippen molar-refractivity contribution in [1.29, 1.82) is 0 Å². The molecule has 1 unspecified atom stereocenters. The van der Waals surface area contributed by atoms with E-state index >= 15 is 0 Å². The lowest BCUT2D eigenvalue weighted by molar-refractivity contribution is -0.384. The Morgan fingerprint density at radius 3 is 2.53 bits per heavy atom. The summed E-state index contributed by atoms with van der Waals surface area (Å²) < 4.78 is 10.9. The fraction of sp³-hybridized carbons (Fsp3) is 0.478. The Morgan fingerprint density at radius 1 is 1.22 bits per heavy atom. The van der Waals surface area contributed by atoms with Gasteiger partial charge in [-0.3, -0.25) is 24.0 Å². The van der Waals surface area contributed by atoms with Gasteiger partial charge in [0.15, 0.2) is 0 Å². The first kappa shape index (κ1) is 22.0. The largest absolute Gasteiger partial charge is 0.369 e. The van der Waals surface area contributed by atoms with E-state index in [0.29, 0.717) is 41.1 Å². The summed E-state index contributed by atoms with van der Waals surface area (Å²) in [5.74, 6) is 0.324. The molecule has 1 aliphatic heterocycles. The molecule has 0 N–H and O–H groups in total. The first-order valence-corrected chi connectivity index (χ1v) is 10.7. The molecule has 9 heteroatoms. The van der Waals surface area contributed by atoms with Crippen LogP contribution in [-0.2, 0) is 24.4 Å². The molecule has 0 bridgehead atoms. The predicted octanol–water partition coefficient (Wildman–Crippen LogP) is 3.47. The van der Waals surface area contributed by atoms with Gasteiger partial charge in [-0.05, 0) is 26.2 Å². The third-order valence-corrected chi connectivity index (χ3v) is 6.17. The van der Waals surface area contributed by atoms with E-state index in [2.05, 4.69) is 18.4 Å². The maximum atomic E-state index is 13.4. The minimum absolute atomic E-state index is 0.0589. The monoisotopic (exact) mass is 440 g/mol. The molecule has 1 atom stereocenters. The molecule has 0 amide bonds. The van der Waals surface area contributed by atoms with Crippen molar-refractivity contribution in [3.05, 3.63) is 60.9 Å². The number of fused-ring (bicyclic) bond motifs is 3. The van der Waals surface area contributed by atoms with Crippen molar-refractivity contribution in [2.45, 2.75) is 45.8 Å². The molecular formula is C23H28N4O5. The van der Waals surface area contributed by atoms with Gasteiger partial charge in [0, 0.05) is 31.8 Å². The van der Waals surface area contributed by atoms with Gasteiger partial charge in [-0.1, -0.05) is 26.0 Å². The Bertz CT molecular complexity index is 1360. The van der Waals surface area contributed by atoms with Gasteiger partial charge in [0.2, 0.25) is 0 Å². The summed E-state index contributed by atoms with van der Waals surface area (Å²) in [5, 5.41) is 11.8. The fourth-order valence-electron chi connectivity index (χ4n) is 4.72. The van der Waals surface area contributed by atoms with Crippen LogP contribution in [0, 0.1) is 16.0 Å². The highest BCUT2D eigenvalue weighted by atomic mass is 16.6. The molecule has 32 heavy (non-hydrogen) atoms. The first-order valence-electron chi connectivity index (χ1n) is 10.7. The lowest BCUT2D eigenvalue weighted by Gasteiger charge is -2.39. The molecule has 0 spiro atoms. The van der Waals surface area contributed by atoms with E-state index < -0.39 is 21.7 Å².